The molecule has 1 saturated carbocycles. The molecule has 2 atom stereocenters. The van der Waals surface area contributed by atoms with Crippen LogP contribution in [0.15, 0.2) is 0 Å². The number of quaternary nitrogens is 1. The molecule has 0 aromatic heterocycles. The molecule has 1 saturated heterocycles. The summed E-state index contributed by atoms with van der Waals surface area (Å²) in [5, 5.41) is 35.0. The fourth-order valence-electron chi connectivity index (χ4n) is 5.76. The molecule has 0 bridgehead atoms. The van der Waals surface area contributed by atoms with Crippen LogP contribution in [0.5, 0.6) is 0 Å². The predicted octanol–water partition coefficient (Wildman–Crippen LogP) is 0.557. The van der Waals surface area contributed by atoms with Gasteiger partial charge in [0.15, 0.2) is 0 Å². The molecular formula is C30H49F3N4O9. The number of nitrogens with two attached hydrogens (primary N) is 1. The standard InChI is InChI=1S/C28H48N4O7.C2HF3O2/c1-2-32(25(34)12-8-11-20-13-15-29-16-14-20)19-24(33)30-22(18-26(35)36)27(37)31-23(28(38)39)17-21-9-6-4-3-5-7-10-21;3-2(4,5)1(6)7/h20-23,29H,2-19H2,1H3,(H,30,33)(H,31,37)(H,35,36)(H,38,39);(H,6,7)/t22-,23-;/m0./s1. The van der Waals surface area contributed by atoms with Gasteiger partial charge in [-0.2, -0.15) is 13.2 Å². The Morgan fingerprint density at radius 3 is 1.96 bits per heavy atom. The van der Waals surface area contributed by atoms with Gasteiger partial charge >= 0.3 is 18.1 Å². The maximum Gasteiger partial charge on any atom is 0.430 e. The summed E-state index contributed by atoms with van der Waals surface area (Å²) in [5.41, 5.74) is 0. The van der Waals surface area contributed by atoms with Crippen molar-refractivity contribution in [1.82, 2.24) is 15.5 Å². The molecule has 0 spiro atoms. The molecule has 2 fully saturated rings. The monoisotopic (exact) mass is 666 g/mol. The maximum absolute atomic E-state index is 12.9. The second-order valence-electron chi connectivity index (χ2n) is 12.0. The topological polar surface area (TPSA) is 210 Å². The number of nitrogens with one attached hydrogen (secondary N) is 2. The van der Waals surface area contributed by atoms with Gasteiger partial charge in [-0.25, -0.2) is 4.79 Å². The summed E-state index contributed by atoms with van der Waals surface area (Å²) in [6, 6.07) is -2.60. The van der Waals surface area contributed by atoms with Crippen molar-refractivity contribution in [2.75, 3.05) is 26.2 Å². The van der Waals surface area contributed by atoms with Gasteiger partial charge in [-0.1, -0.05) is 44.9 Å². The number of piperidine rings is 1. The van der Waals surface area contributed by atoms with Crippen molar-refractivity contribution in [3.05, 3.63) is 0 Å². The van der Waals surface area contributed by atoms with Gasteiger partial charge in [-0.3, -0.25) is 19.2 Å². The van der Waals surface area contributed by atoms with Crippen molar-refractivity contribution in [2.45, 2.75) is 115 Å². The smallest absolute Gasteiger partial charge is 0.430 e. The lowest BCUT2D eigenvalue weighted by Crippen LogP contribution is -2.86. The van der Waals surface area contributed by atoms with Gasteiger partial charge in [0.2, 0.25) is 17.7 Å². The number of carboxylic acids is 3. The Hall–Kier alpha value is -3.43. The Balaban J connectivity index is 0.00000135. The zero-order valence-corrected chi connectivity index (χ0v) is 26.4. The number of carboxylic acid groups (broad SMARTS) is 3. The lowest BCUT2D eigenvalue weighted by Gasteiger charge is -2.26. The van der Waals surface area contributed by atoms with Crippen LogP contribution in [0.25, 0.3) is 0 Å². The molecule has 1 aliphatic carbocycles. The Morgan fingerprint density at radius 1 is 0.891 bits per heavy atom. The Bertz CT molecular complexity index is 999. The molecule has 46 heavy (non-hydrogen) atoms. The van der Waals surface area contributed by atoms with E-state index >= 15 is 0 Å². The van der Waals surface area contributed by atoms with E-state index < -0.39 is 54.4 Å². The number of rotatable bonds is 15. The number of likely N-dealkylation sites (N-methyl/N-ethyl adjacent to an activating group) is 1. The van der Waals surface area contributed by atoms with Crippen molar-refractivity contribution >= 4 is 35.6 Å². The SMILES string of the molecule is CCN(CC(=O)N[C@@H](CC(=O)O)C(=O)N[C@@H](CC1CCCCCCC1)C(=O)O)C(=O)CCCC1CC[NH2+]CC1.O=C([O-])C(F)(F)F. The van der Waals surface area contributed by atoms with Crippen LogP contribution in [0.3, 0.4) is 0 Å². The van der Waals surface area contributed by atoms with Crippen molar-refractivity contribution in [2.24, 2.45) is 11.8 Å². The minimum atomic E-state index is -5.19. The van der Waals surface area contributed by atoms with Gasteiger partial charge < -0.3 is 41.0 Å². The van der Waals surface area contributed by atoms with Crippen molar-refractivity contribution in [3.63, 3.8) is 0 Å². The average molecular weight is 667 g/mol. The molecule has 13 nitrogen and oxygen atoms in total. The van der Waals surface area contributed by atoms with Crippen LogP contribution >= 0.6 is 0 Å². The van der Waals surface area contributed by atoms with Crippen LogP contribution in [-0.2, 0) is 28.8 Å². The number of alkyl halides is 3. The predicted molar refractivity (Wildman–Crippen MR) is 156 cm³/mol. The van der Waals surface area contributed by atoms with Crippen molar-refractivity contribution in [1.29, 1.82) is 0 Å². The second-order valence-corrected chi connectivity index (χ2v) is 12.0. The average Bonchev–Trinajstić information content (AvgIpc) is 2.96. The summed E-state index contributed by atoms with van der Waals surface area (Å²) in [6.07, 6.45) is 6.03. The van der Waals surface area contributed by atoms with Crippen LogP contribution < -0.4 is 21.1 Å². The quantitative estimate of drug-likeness (QED) is 0.165. The van der Waals surface area contributed by atoms with Gasteiger partial charge in [-0.05, 0) is 50.9 Å². The first-order valence-electron chi connectivity index (χ1n) is 16.1. The van der Waals surface area contributed by atoms with Gasteiger partial charge in [0.25, 0.3) is 0 Å². The number of hydrogen-bond acceptors (Lipinski definition) is 7. The zero-order valence-electron chi connectivity index (χ0n) is 26.4. The number of halogens is 3. The third-order valence-electron chi connectivity index (χ3n) is 8.30. The van der Waals surface area contributed by atoms with Crippen molar-refractivity contribution < 1.29 is 62.6 Å². The molecule has 0 aromatic carbocycles. The molecule has 0 aromatic rings. The fraction of sp³-hybridized carbons (Fsp3) is 0.800. The normalized spacial score (nSPS) is 17.6. The molecule has 16 heteroatoms. The zero-order chi connectivity index (χ0) is 34.7. The molecule has 1 heterocycles. The molecule has 264 valence electrons. The number of hydrogen-bond donors (Lipinski definition) is 5. The van der Waals surface area contributed by atoms with Gasteiger partial charge in [-0.15, -0.1) is 0 Å². The highest BCUT2D eigenvalue weighted by Gasteiger charge is 2.31. The highest BCUT2D eigenvalue weighted by atomic mass is 19.4. The van der Waals surface area contributed by atoms with E-state index in [0.717, 1.165) is 77.3 Å². The number of aliphatic carboxylic acids is 3. The van der Waals surface area contributed by atoms with E-state index in [1.165, 1.54) is 11.3 Å². The minimum Gasteiger partial charge on any atom is -0.542 e. The summed E-state index contributed by atoms with van der Waals surface area (Å²) >= 11 is 0. The Kier molecular flexibility index (Phi) is 18.9. The van der Waals surface area contributed by atoms with Crippen LogP contribution in [0.4, 0.5) is 13.2 Å². The molecule has 0 unspecified atom stereocenters. The first kappa shape index (κ1) is 40.6. The fourth-order valence-corrected chi connectivity index (χ4v) is 5.76. The summed E-state index contributed by atoms with van der Waals surface area (Å²) < 4.78 is 31.5. The third-order valence-corrected chi connectivity index (χ3v) is 8.30. The number of amides is 3. The first-order chi connectivity index (χ1) is 21.6. The van der Waals surface area contributed by atoms with Gasteiger partial charge in [0, 0.05) is 13.0 Å². The molecule has 0 radical (unpaired) electrons. The van der Waals surface area contributed by atoms with E-state index in [1.54, 1.807) is 6.92 Å². The molecule has 2 aliphatic rings. The minimum absolute atomic E-state index is 0.153. The number of nitrogens with zero attached hydrogens (tertiary/aromatic N) is 1. The maximum atomic E-state index is 12.9. The molecule has 1 aliphatic heterocycles. The van der Waals surface area contributed by atoms with Crippen LogP contribution in [-0.4, -0.2) is 95.2 Å². The highest BCUT2D eigenvalue weighted by Crippen LogP contribution is 2.26. The van der Waals surface area contributed by atoms with Crippen LogP contribution in [0, 0.1) is 11.8 Å². The largest absolute Gasteiger partial charge is 0.542 e. The third kappa shape index (κ3) is 17.3. The summed E-state index contributed by atoms with van der Waals surface area (Å²) in [7, 11) is 0. The van der Waals surface area contributed by atoms with Gasteiger partial charge in [0.1, 0.15) is 18.1 Å². The second kappa shape index (κ2) is 21.4. The molecule has 6 N–H and O–H groups in total. The first-order valence-corrected chi connectivity index (χ1v) is 16.1. The van der Waals surface area contributed by atoms with E-state index in [4.69, 9.17) is 9.90 Å². The summed E-state index contributed by atoms with van der Waals surface area (Å²) in [4.78, 5) is 71.9. The van der Waals surface area contributed by atoms with E-state index in [1.807, 2.05) is 0 Å². The van der Waals surface area contributed by atoms with Crippen molar-refractivity contribution in [3.8, 4) is 0 Å². The molecule has 2 rings (SSSR count). The van der Waals surface area contributed by atoms with Gasteiger partial charge in [0.05, 0.1) is 26.1 Å². The number of carbonyl (C=O) groups is 6. The van der Waals surface area contributed by atoms with E-state index in [9.17, 15) is 47.4 Å². The van der Waals surface area contributed by atoms with E-state index in [2.05, 4.69) is 16.0 Å². The summed E-state index contributed by atoms with van der Waals surface area (Å²) in [5.74, 6) is -6.33. The van der Waals surface area contributed by atoms with Crippen LogP contribution in [0.2, 0.25) is 0 Å². The molecular weight excluding hydrogens is 617 g/mol. The lowest BCUT2D eigenvalue weighted by atomic mass is 9.86. The Labute approximate surface area is 267 Å². The van der Waals surface area contributed by atoms with Crippen LogP contribution in [0.1, 0.15) is 96.8 Å². The van der Waals surface area contributed by atoms with E-state index in [0.29, 0.717) is 18.9 Å². The molecule has 3 amide bonds. The lowest BCUT2D eigenvalue weighted by molar-refractivity contribution is -0.664. The van der Waals surface area contributed by atoms with E-state index in [-0.39, 0.29) is 24.8 Å². The highest BCUT2D eigenvalue weighted by molar-refractivity contribution is 5.94. The Morgan fingerprint density at radius 2 is 1.46 bits per heavy atom. The number of carbonyl (C=O) groups excluding carboxylic acids is 4. The summed E-state index contributed by atoms with van der Waals surface area (Å²) in [6.45, 7) is 4.03.